The van der Waals surface area contributed by atoms with Crippen molar-refractivity contribution in [1.29, 1.82) is 0 Å². The van der Waals surface area contributed by atoms with E-state index in [1.165, 1.54) is 32.1 Å². The van der Waals surface area contributed by atoms with E-state index < -0.39 is 11.8 Å². The summed E-state index contributed by atoms with van der Waals surface area (Å²) in [6.45, 7) is 4.58. The van der Waals surface area contributed by atoms with Gasteiger partial charge in [-0.3, -0.25) is 9.59 Å². The molecule has 0 spiro atoms. The number of nitrogens with one attached hydrogen (secondary N) is 2. The molecule has 0 aliphatic heterocycles. The van der Waals surface area contributed by atoms with Crippen molar-refractivity contribution in [3.8, 4) is 5.75 Å². The number of carbonyl (C=O) groups excluding carboxylic acids is 2. The lowest BCUT2D eigenvalue weighted by Crippen LogP contribution is -2.29. The predicted octanol–water partition coefficient (Wildman–Crippen LogP) is 6.76. The van der Waals surface area contributed by atoms with Crippen LogP contribution in [-0.4, -0.2) is 22.3 Å². The number of halogens is 1. The molecular formula is C26H35IN2O3. The Kier molecular flexibility index (Phi) is 12.2. The van der Waals surface area contributed by atoms with Crippen molar-refractivity contribution >= 4 is 45.8 Å². The lowest BCUT2D eigenvalue weighted by molar-refractivity contribution is -0.133. The van der Waals surface area contributed by atoms with Crippen LogP contribution < -0.4 is 15.4 Å². The Bertz CT molecular complexity index is 856. The van der Waals surface area contributed by atoms with Gasteiger partial charge < -0.3 is 15.4 Å². The van der Waals surface area contributed by atoms with Gasteiger partial charge in [-0.2, -0.15) is 0 Å². The Balaban J connectivity index is 1.88. The van der Waals surface area contributed by atoms with Crippen LogP contribution >= 0.6 is 22.6 Å². The van der Waals surface area contributed by atoms with Gasteiger partial charge in [-0.05, 0) is 56.4 Å². The number of hydrogen-bond acceptors (Lipinski definition) is 3. The van der Waals surface area contributed by atoms with Gasteiger partial charge >= 0.3 is 11.8 Å². The summed E-state index contributed by atoms with van der Waals surface area (Å²) in [4.78, 5) is 25.0. The number of rotatable bonds is 13. The van der Waals surface area contributed by atoms with Crippen molar-refractivity contribution in [2.45, 2.75) is 69.1 Å². The van der Waals surface area contributed by atoms with E-state index in [0.717, 1.165) is 24.8 Å². The number of unbranched alkanes of at least 4 members (excludes halogenated alkanes) is 3. The van der Waals surface area contributed by atoms with Gasteiger partial charge in [0, 0.05) is 9.61 Å². The molecule has 2 rings (SSSR count). The van der Waals surface area contributed by atoms with Crippen molar-refractivity contribution in [3.05, 3.63) is 54.1 Å². The number of carbonyl (C=O) groups is 2. The number of benzene rings is 2. The van der Waals surface area contributed by atoms with Crippen LogP contribution in [0, 0.1) is 0 Å². The van der Waals surface area contributed by atoms with Gasteiger partial charge in [-0.15, -0.1) is 0 Å². The summed E-state index contributed by atoms with van der Waals surface area (Å²) < 4.78 is 6.19. The van der Waals surface area contributed by atoms with Crippen molar-refractivity contribution in [2.75, 3.05) is 17.2 Å². The Morgan fingerprint density at radius 3 is 2.19 bits per heavy atom. The number of alkyl halides is 1. The van der Waals surface area contributed by atoms with Crippen LogP contribution in [0.3, 0.4) is 0 Å². The van der Waals surface area contributed by atoms with Crippen LogP contribution in [0.25, 0.3) is 0 Å². The van der Waals surface area contributed by atoms with Crippen LogP contribution in [0.1, 0.15) is 64.4 Å². The molecule has 0 bridgehead atoms. The zero-order valence-corrected chi connectivity index (χ0v) is 21.3. The maximum Gasteiger partial charge on any atom is 0.314 e. The van der Waals surface area contributed by atoms with Crippen LogP contribution in [0.2, 0.25) is 0 Å². The van der Waals surface area contributed by atoms with Gasteiger partial charge in [0.05, 0.1) is 12.3 Å². The van der Waals surface area contributed by atoms with Crippen LogP contribution in [-0.2, 0) is 16.0 Å². The highest BCUT2D eigenvalue weighted by molar-refractivity contribution is 14.1. The van der Waals surface area contributed by atoms with Crippen LogP contribution in [0.5, 0.6) is 5.75 Å². The molecular weight excluding hydrogens is 515 g/mol. The molecule has 1 atom stereocenters. The second kappa shape index (κ2) is 14.9. The van der Waals surface area contributed by atoms with Crippen molar-refractivity contribution in [2.24, 2.45) is 0 Å². The molecule has 0 aromatic heterocycles. The Labute approximate surface area is 205 Å². The lowest BCUT2D eigenvalue weighted by Gasteiger charge is -2.14. The quantitative estimate of drug-likeness (QED) is 0.125. The number of aryl methyl sites for hydroxylation is 1. The van der Waals surface area contributed by atoms with E-state index in [0.29, 0.717) is 27.7 Å². The van der Waals surface area contributed by atoms with E-state index in [4.69, 9.17) is 4.74 Å². The smallest absolute Gasteiger partial charge is 0.314 e. The number of amides is 2. The number of anilines is 2. The molecule has 174 valence electrons. The summed E-state index contributed by atoms with van der Waals surface area (Å²) in [5, 5.41) is 5.42. The minimum Gasteiger partial charge on any atom is -0.492 e. The number of ether oxygens (including phenoxy) is 1. The van der Waals surface area contributed by atoms with E-state index in [1.54, 1.807) is 18.2 Å². The fraction of sp³-hybridized carbons (Fsp3) is 0.462. The van der Waals surface area contributed by atoms with Crippen molar-refractivity contribution in [1.82, 2.24) is 0 Å². The van der Waals surface area contributed by atoms with Gasteiger partial charge in [0.2, 0.25) is 0 Å². The van der Waals surface area contributed by atoms with Gasteiger partial charge in [0.1, 0.15) is 5.75 Å². The summed E-state index contributed by atoms with van der Waals surface area (Å²) >= 11 is 2.56. The minimum absolute atomic E-state index is 0.475. The van der Waals surface area contributed by atoms with E-state index in [2.05, 4.69) is 40.1 Å². The average Bonchev–Trinajstić information content (AvgIpc) is 2.79. The van der Waals surface area contributed by atoms with E-state index in [9.17, 15) is 9.59 Å². The third kappa shape index (κ3) is 9.18. The molecule has 0 heterocycles. The summed E-state index contributed by atoms with van der Waals surface area (Å²) in [5.74, 6) is -0.864. The molecule has 0 radical (unpaired) electrons. The second-order valence-electron chi connectivity index (χ2n) is 7.83. The molecule has 1 unspecified atom stereocenters. The first-order valence-corrected chi connectivity index (χ1v) is 12.9. The Morgan fingerprint density at radius 2 is 1.47 bits per heavy atom. The van der Waals surface area contributed by atoms with Crippen molar-refractivity contribution in [3.63, 3.8) is 0 Å². The summed E-state index contributed by atoms with van der Waals surface area (Å²) in [5.41, 5.74) is 2.23. The SMILES string of the molecule is CCCCCCC(I)CCCc1ccccc1NC(=O)C(=O)Nc1ccccc1OCC. The average molecular weight is 550 g/mol. The molecule has 0 saturated carbocycles. The number of hydrogen-bond donors (Lipinski definition) is 2. The molecule has 2 N–H and O–H groups in total. The maximum absolute atomic E-state index is 12.5. The maximum atomic E-state index is 12.5. The fourth-order valence-corrected chi connectivity index (χ4v) is 4.40. The Morgan fingerprint density at radius 1 is 0.844 bits per heavy atom. The van der Waals surface area contributed by atoms with E-state index in [-0.39, 0.29) is 0 Å². The van der Waals surface area contributed by atoms with Gasteiger partial charge in [-0.25, -0.2) is 0 Å². The topological polar surface area (TPSA) is 67.4 Å². The van der Waals surface area contributed by atoms with Crippen LogP contribution in [0.15, 0.2) is 48.5 Å². The fourth-order valence-electron chi connectivity index (χ4n) is 3.52. The Hall–Kier alpha value is -2.09. The first kappa shape index (κ1) is 26.2. The minimum atomic E-state index is -0.716. The standard InChI is InChI=1S/C26H35IN2O3/c1-3-5-6-7-15-21(27)16-12-14-20-13-8-9-17-22(20)28-25(30)26(31)29-23-18-10-11-19-24(23)32-4-2/h8-11,13,17-19,21H,3-7,12,14-16H2,1-2H3,(H,28,30)(H,29,31). The molecule has 0 aliphatic carbocycles. The zero-order valence-electron chi connectivity index (χ0n) is 19.2. The molecule has 5 nitrogen and oxygen atoms in total. The summed E-state index contributed by atoms with van der Waals surface area (Å²) in [6.07, 6.45) is 9.57. The summed E-state index contributed by atoms with van der Waals surface area (Å²) in [6, 6.07) is 14.8. The van der Waals surface area contributed by atoms with Gasteiger partial charge in [-0.1, -0.05) is 85.5 Å². The highest BCUT2D eigenvalue weighted by Gasteiger charge is 2.17. The molecule has 6 heteroatoms. The zero-order chi connectivity index (χ0) is 23.2. The first-order valence-electron chi connectivity index (χ1n) is 11.6. The van der Waals surface area contributed by atoms with Crippen molar-refractivity contribution < 1.29 is 14.3 Å². The summed E-state index contributed by atoms with van der Waals surface area (Å²) in [7, 11) is 0. The highest BCUT2D eigenvalue weighted by Crippen LogP contribution is 2.24. The lowest BCUT2D eigenvalue weighted by atomic mass is 10.0. The second-order valence-corrected chi connectivity index (χ2v) is 9.60. The first-order chi connectivity index (χ1) is 15.5. The van der Waals surface area contributed by atoms with Gasteiger partial charge in [0.15, 0.2) is 0 Å². The molecule has 2 amide bonds. The molecule has 2 aromatic carbocycles. The van der Waals surface area contributed by atoms with E-state index >= 15 is 0 Å². The predicted molar refractivity (Wildman–Crippen MR) is 141 cm³/mol. The third-order valence-electron chi connectivity index (χ3n) is 5.24. The normalized spacial score (nSPS) is 11.6. The molecule has 0 fully saturated rings. The highest BCUT2D eigenvalue weighted by atomic mass is 127. The largest absolute Gasteiger partial charge is 0.492 e. The van der Waals surface area contributed by atoms with Crippen LogP contribution in [0.4, 0.5) is 11.4 Å². The molecule has 2 aromatic rings. The number of para-hydroxylation sites is 3. The van der Waals surface area contributed by atoms with Gasteiger partial charge in [0.25, 0.3) is 0 Å². The monoisotopic (exact) mass is 550 g/mol. The molecule has 32 heavy (non-hydrogen) atoms. The molecule has 0 aliphatic rings. The van der Waals surface area contributed by atoms with E-state index in [1.807, 2.05) is 37.3 Å². The molecule has 0 saturated heterocycles. The third-order valence-corrected chi connectivity index (χ3v) is 6.49.